The summed E-state index contributed by atoms with van der Waals surface area (Å²) in [5.74, 6) is 3.83. The molecule has 156 valence electrons. The Kier molecular flexibility index (Phi) is 8.99. The Hall–Kier alpha value is -2.04. The Morgan fingerprint density at radius 2 is 1.82 bits per heavy atom. The van der Waals surface area contributed by atoms with Crippen LogP contribution < -0.4 is 5.32 Å². The van der Waals surface area contributed by atoms with Gasteiger partial charge in [0.25, 0.3) is 0 Å². The molecule has 1 aromatic rings. The highest BCUT2D eigenvalue weighted by atomic mass is 19.4. The number of alkyl halides is 3. The van der Waals surface area contributed by atoms with Crippen molar-refractivity contribution in [3.8, 4) is 11.8 Å². The van der Waals surface area contributed by atoms with E-state index in [1.165, 1.54) is 0 Å². The van der Waals surface area contributed by atoms with Gasteiger partial charge in [0.1, 0.15) is 5.60 Å². The monoisotopic (exact) mass is 399 g/mol. The van der Waals surface area contributed by atoms with Crippen LogP contribution >= 0.6 is 0 Å². The Labute approximate surface area is 164 Å². The first-order chi connectivity index (χ1) is 13.0. The number of aliphatic hydroxyl groups excluding tert-OH is 1. The summed E-state index contributed by atoms with van der Waals surface area (Å²) in [5.41, 5.74) is 0.833. The van der Waals surface area contributed by atoms with Crippen LogP contribution in [0.2, 0.25) is 0 Å². The van der Waals surface area contributed by atoms with Gasteiger partial charge in [-0.1, -0.05) is 44.6 Å². The van der Waals surface area contributed by atoms with Gasteiger partial charge < -0.3 is 15.5 Å². The molecule has 4 nitrogen and oxygen atoms in total. The summed E-state index contributed by atoms with van der Waals surface area (Å²) in [6.07, 6.45) is -3.32. The average Bonchev–Trinajstić information content (AvgIpc) is 2.60. The number of nitrogens with one attached hydrogen (secondary N) is 1. The molecule has 0 fully saturated rings. The van der Waals surface area contributed by atoms with Crippen molar-refractivity contribution in [2.45, 2.75) is 70.8 Å². The number of halogens is 3. The van der Waals surface area contributed by atoms with Crippen LogP contribution in [-0.2, 0) is 4.79 Å². The third-order valence-electron chi connectivity index (χ3n) is 4.37. The van der Waals surface area contributed by atoms with Crippen LogP contribution in [0.4, 0.5) is 13.2 Å². The molecule has 0 saturated heterocycles. The number of aryl methyl sites for hydroxylation is 1. The first-order valence-corrected chi connectivity index (χ1v) is 9.41. The van der Waals surface area contributed by atoms with Crippen molar-refractivity contribution in [1.29, 1.82) is 0 Å². The molecule has 3 N–H and O–H groups in total. The minimum absolute atomic E-state index is 0.0604. The molecule has 1 rings (SSSR count). The van der Waals surface area contributed by atoms with E-state index in [4.69, 9.17) is 0 Å². The van der Waals surface area contributed by atoms with E-state index in [1.54, 1.807) is 30.4 Å². The smallest absolute Gasteiger partial charge is 0.388 e. The van der Waals surface area contributed by atoms with E-state index >= 15 is 0 Å². The minimum atomic E-state index is -4.94. The molecular weight excluding hydrogens is 371 g/mol. The summed E-state index contributed by atoms with van der Waals surface area (Å²) in [6, 6.07) is 5.19. The minimum Gasteiger partial charge on any atom is -0.388 e. The van der Waals surface area contributed by atoms with Crippen LogP contribution in [0.3, 0.4) is 0 Å². The summed E-state index contributed by atoms with van der Waals surface area (Å²) in [4.78, 5) is 10.8. The van der Waals surface area contributed by atoms with Gasteiger partial charge in [0.05, 0.1) is 6.10 Å². The van der Waals surface area contributed by atoms with Crippen LogP contribution in [-0.4, -0.2) is 34.4 Å². The second kappa shape index (κ2) is 10.5. The average molecular weight is 399 g/mol. The second-order valence-electron chi connectivity index (χ2n) is 6.91. The number of hydrogen-bond donors (Lipinski definition) is 3. The largest absolute Gasteiger partial charge is 0.471 e. The lowest BCUT2D eigenvalue weighted by molar-refractivity contribution is -0.173. The molecule has 1 amide bonds. The Morgan fingerprint density at radius 3 is 2.36 bits per heavy atom. The third-order valence-corrected chi connectivity index (χ3v) is 4.37. The van der Waals surface area contributed by atoms with E-state index in [2.05, 4.69) is 11.8 Å². The van der Waals surface area contributed by atoms with E-state index in [1.807, 2.05) is 13.8 Å². The molecule has 1 unspecified atom stereocenters. The molecule has 0 saturated carbocycles. The molecule has 1 aromatic carbocycles. The van der Waals surface area contributed by atoms with Crippen molar-refractivity contribution in [1.82, 2.24) is 5.32 Å². The molecule has 0 aromatic heterocycles. The van der Waals surface area contributed by atoms with E-state index in [9.17, 15) is 28.2 Å². The number of benzene rings is 1. The number of amides is 1. The van der Waals surface area contributed by atoms with Gasteiger partial charge in [-0.2, -0.15) is 13.2 Å². The quantitative estimate of drug-likeness (QED) is 0.583. The molecule has 0 aliphatic heterocycles. The molecular formula is C21H28F3NO3. The molecule has 0 aliphatic carbocycles. The lowest BCUT2D eigenvalue weighted by Crippen LogP contribution is -2.37. The molecule has 0 spiro atoms. The highest BCUT2D eigenvalue weighted by Gasteiger charge is 2.38. The normalized spacial score (nSPS) is 12.9. The maximum Gasteiger partial charge on any atom is 0.471 e. The van der Waals surface area contributed by atoms with Crippen LogP contribution in [0.25, 0.3) is 0 Å². The van der Waals surface area contributed by atoms with Crippen molar-refractivity contribution >= 4 is 5.91 Å². The molecule has 0 radical (unpaired) electrons. The van der Waals surface area contributed by atoms with Crippen LogP contribution in [0.15, 0.2) is 18.2 Å². The zero-order chi connectivity index (χ0) is 21.4. The number of hydrogen-bond acceptors (Lipinski definition) is 3. The standard InChI is InChI=1S/C21H28F3NO3/c1-4-10-20(28,11-5-2)12-8-16-7-6-15(3)17(14-16)18(26)9-13-25-19(27)21(22,23)24/h6-7,14,18,26,28H,4-5,9-11,13H2,1-3H3,(H,25,27). The van der Waals surface area contributed by atoms with Gasteiger partial charge >= 0.3 is 12.1 Å². The van der Waals surface area contributed by atoms with Crippen molar-refractivity contribution in [3.05, 3.63) is 34.9 Å². The fraction of sp³-hybridized carbons (Fsp3) is 0.571. The SMILES string of the molecule is CCCC(O)(C#Cc1ccc(C)c(C(O)CCNC(=O)C(F)(F)F)c1)CCC. The van der Waals surface area contributed by atoms with Crippen molar-refractivity contribution in [3.63, 3.8) is 0 Å². The van der Waals surface area contributed by atoms with Gasteiger partial charge in [-0.3, -0.25) is 4.79 Å². The molecule has 0 aliphatic rings. The Balaban J connectivity index is 2.88. The number of rotatable bonds is 8. The summed E-state index contributed by atoms with van der Waals surface area (Å²) in [5, 5.41) is 22.6. The first-order valence-electron chi connectivity index (χ1n) is 9.41. The van der Waals surface area contributed by atoms with Crippen molar-refractivity contribution < 1.29 is 28.2 Å². The summed E-state index contributed by atoms with van der Waals surface area (Å²) in [7, 11) is 0. The second-order valence-corrected chi connectivity index (χ2v) is 6.91. The van der Waals surface area contributed by atoms with Crippen LogP contribution in [0.5, 0.6) is 0 Å². The van der Waals surface area contributed by atoms with Crippen LogP contribution in [0, 0.1) is 18.8 Å². The maximum atomic E-state index is 12.2. The first kappa shape index (κ1) is 24.0. The Morgan fingerprint density at radius 1 is 1.21 bits per heavy atom. The number of carbonyl (C=O) groups excluding carboxylic acids is 1. The fourth-order valence-corrected chi connectivity index (χ4v) is 2.92. The molecule has 1 atom stereocenters. The number of carbonyl (C=O) groups is 1. The Bertz CT molecular complexity index is 714. The summed E-state index contributed by atoms with van der Waals surface area (Å²) in [6.45, 7) is 5.41. The molecule has 0 bridgehead atoms. The van der Waals surface area contributed by atoms with E-state index < -0.39 is 23.8 Å². The zero-order valence-corrected chi connectivity index (χ0v) is 16.5. The van der Waals surface area contributed by atoms with E-state index in [-0.39, 0.29) is 13.0 Å². The summed E-state index contributed by atoms with van der Waals surface area (Å²) < 4.78 is 36.6. The van der Waals surface area contributed by atoms with E-state index in [0.29, 0.717) is 24.0 Å². The predicted molar refractivity (Wildman–Crippen MR) is 101 cm³/mol. The van der Waals surface area contributed by atoms with Crippen molar-refractivity contribution in [2.75, 3.05) is 6.54 Å². The molecule has 28 heavy (non-hydrogen) atoms. The topological polar surface area (TPSA) is 69.6 Å². The van der Waals surface area contributed by atoms with E-state index in [0.717, 1.165) is 18.4 Å². The van der Waals surface area contributed by atoms with Crippen LogP contribution in [0.1, 0.15) is 68.7 Å². The lowest BCUT2D eigenvalue weighted by atomic mass is 9.92. The van der Waals surface area contributed by atoms with Gasteiger partial charge in [0, 0.05) is 12.1 Å². The van der Waals surface area contributed by atoms with Gasteiger partial charge in [-0.05, 0) is 49.4 Å². The van der Waals surface area contributed by atoms with Crippen molar-refractivity contribution in [2.24, 2.45) is 0 Å². The molecule has 0 heterocycles. The van der Waals surface area contributed by atoms with Gasteiger partial charge in [-0.15, -0.1) is 0 Å². The number of aliphatic hydroxyl groups is 2. The lowest BCUT2D eigenvalue weighted by Gasteiger charge is -2.20. The third kappa shape index (κ3) is 7.53. The highest BCUT2D eigenvalue weighted by molar-refractivity contribution is 5.81. The van der Waals surface area contributed by atoms with Gasteiger partial charge in [-0.25, -0.2) is 0 Å². The summed E-state index contributed by atoms with van der Waals surface area (Å²) >= 11 is 0. The zero-order valence-electron chi connectivity index (χ0n) is 16.5. The maximum absolute atomic E-state index is 12.2. The predicted octanol–water partition coefficient (Wildman–Crippen LogP) is 3.78. The van der Waals surface area contributed by atoms with Gasteiger partial charge in [0.2, 0.25) is 0 Å². The van der Waals surface area contributed by atoms with Gasteiger partial charge in [0.15, 0.2) is 0 Å². The fourth-order valence-electron chi connectivity index (χ4n) is 2.92. The molecule has 7 heteroatoms. The highest BCUT2D eigenvalue weighted by Crippen LogP contribution is 2.23.